The third-order valence-electron chi connectivity index (χ3n) is 3.64. The summed E-state index contributed by atoms with van der Waals surface area (Å²) in [5, 5.41) is 3.75. The Balaban J connectivity index is 1.90. The predicted octanol–water partition coefficient (Wildman–Crippen LogP) is 2.72. The highest BCUT2D eigenvalue weighted by Gasteiger charge is 2.21. The van der Waals surface area contributed by atoms with Crippen LogP contribution in [0, 0.1) is 13.8 Å². The first-order chi connectivity index (χ1) is 12.8. The number of carbonyl (C=O) groups excluding carboxylic acids is 2. The van der Waals surface area contributed by atoms with Gasteiger partial charge in [-0.3, -0.25) is 9.59 Å². The van der Waals surface area contributed by atoms with E-state index in [1.807, 2.05) is 13.8 Å². The monoisotopic (exact) mass is 410 g/mol. The average Bonchev–Trinajstić information content (AvgIpc) is 2.85. The summed E-state index contributed by atoms with van der Waals surface area (Å²) in [5.41, 5.74) is 6.46. The van der Waals surface area contributed by atoms with Gasteiger partial charge in [-0.15, -0.1) is 11.3 Å². The standard InChI is InChI=1S/C17H22N4O4S2/c1-4-25-16(24)14-9(2)10(3)27-15(14)20-12(22)6-5-7-26-17-19-11(18)8-13(23)21-17/h8H,4-7H2,1-3H3,(H,20,22)(H3,18,19,21,23). The third-order valence-corrected chi connectivity index (χ3v) is 5.73. The van der Waals surface area contributed by atoms with Crippen molar-refractivity contribution in [3.8, 4) is 0 Å². The number of hydrogen-bond acceptors (Lipinski definition) is 8. The molecule has 2 heterocycles. The molecular weight excluding hydrogens is 388 g/mol. The molecule has 0 atom stereocenters. The Morgan fingerprint density at radius 3 is 2.81 bits per heavy atom. The van der Waals surface area contributed by atoms with E-state index in [9.17, 15) is 14.4 Å². The second kappa shape index (κ2) is 9.56. The van der Waals surface area contributed by atoms with Gasteiger partial charge in [-0.05, 0) is 32.8 Å². The minimum atomic E-state index is -0.429. The summed E-state index contributed by atoms with van der Waals surface area (Å²) in [7, 11) is 0. The SMILES string of the molecule is CCOC(=O)c1c(NC(=O)CCCSc2nc(N)cc(=O)[nH]2)sc(C)c1C. The van der Waals surface area contributed by atoms with Gasteiger partial charge < -0.3 is 20.8 Å². The molecule has 8 nitrogen and oxygen atoms in total. The molecule has 0 aliphatic rings. The molecule has 0 radical (unpaired) electrons. The Bertz CT molecular complexity index is 892. The molecule has 0 aromatic carbocycles. The summed E-state index contributed by atoms with van der Waals surface area (Å²) in [4.78, 5) is 43.2. The van der Waals surface area contributed by atoms with Gasteiger partial charge in [-0.1, -0.05) is 11.8 Å². The Morgan fingerprint density at radius 2 is 2.15 bits per heavy atom. The molecule has 0 fully saturated rings. The minimum Gasteiger partial charge on any atom is -0.462 e. The number of amides is 1. The van der Waals surface area contributed by atoms with Crippen LogP contribution in [0.5, 0.6) is 0 Å². The molecule has 0 saturated heterocycles. The molecule has 1 amide bonds. The predicted molar refractivity (Wildman–Crippen MR) is 108 cm³/mol. The van der Waals surface area contributed by atoms with Crippen molar-refractivity contribution in [1.82, 2.24) is 9.97 Å². The second-order valence-electron chi connectivity index (χ2n) is 5.68. The van der Waals surface area contributed by atoms with E-state index in [1.54, 1.807) is 6.92 Å². The zero-order valence-corrected chi connectivity index (χ0v) is 17.0. The van der Waals surface area contributed by atoms with E-state index in [-0.39, 0.29) is 30.3 Å². The van der Waals surface area contributed by atoms with Crippen LogP contribution >= 0.6 is 23.1 Å². The van der Waals surface area contributed by atoms with Crippen molar-refractivity contribution < 1.29 is 14.3 Å². The molecule has 0 unspecified atom stereocenters. The van der Waals surface area contributed by atoms with E-state index in [0.29, 0.717) is 27.9 Å². The summed E-state index contributed by atoms with van der Waals surface area (Å²) >= 11 is 2.68. The van der Waals surface area contributed by atoms with Crippen LogP contribution in [0.25, 0.3) is 0 Å². The molecule has 0 spiro atoms. The molecule has 10 heteroatoms. The number of ether oxygens (including phenoxy) is 1. The molecule has 0 aliphatic heterocycles. The summed E-state index contributed by atoms with van der Waals surface area (Å²) in [6, 6.07) is 1.21. The van der Waals surface area contributed by atoms with Crippen LogP contribution in [0.2, 0.25) is 0 Å². The molecule has 27 heavy (non-hydrogen) atoms. The Hall–Kier alpha value is -2.33. The first kappa shape index (κ1) is 21.0. The first-order valence-electron chi connectivity index (χ1n) is 8.38. The maximum Gasteiger partial charge on any atom is 0.341 e. The van der Waals surface area contributed by atoms with Crippen LogP contribution in [0.3, 0.4) is 0 Å². The lowest BCUT2D eigenvalue weighted by molar-refractivity contribution is -0.116. The number of rotatable bonds is 8. The third kappa shape index (κ3) is 5.83. The molecular formula is C17H22N4O4S2. The van der Waals surface area contributed by atoms with E-state index in [4.69, 9.17) is 10.5 Å². The molecule has 2 aromatic heterocycles. The van der Waals surface area contributed by atoms with Crippen LogP contribution in [-0.4, -0.2) is 34.2 Å². The first-order valence-corrected chi connectivity index (χ1v) is 10.2. The largest absolute Gasteiger partial charge is 0.462 e. The quantitative estimate of drug-likeness (QED) is 0.264. The fraction of sp³-hybridized carbons (Fsp3) is 0.412. The number of aromatic nitrogens is 2. The highest BCUT2D eigenvalue weighted by Crippen LogP contribution is 2.33. The fourth-order valence-corrected chi connectivity index (χ4v) is 4.17. The van der Waals surface area contributed by atoms with E-state index in [2.05, 4.69) is 15.3 Å². The molecule has 2 rings (SSSR count). The lowest BCUT2D eigenvalue weighted by atomic mass is 10.1. The van der Waals surface area contributed by atoms with Crippen molar-refractivity contribution in [2.75, 3.05) is 23.4 Å². The molecule has 0 saturated carbocycles. The number of esters is 1. The zero-order chi connectivity index (χ0) is 20.0. The number of aromatic amines is 1. The number of nitrogen functional groups attached to an aromatic ring is 1. The topological polar surface area (TPSA) is 127 Å². The number of hydrogen-bond donors (Lipinski definition) is 3. The number of thiophene rings is 1. The lowest BCUT2D eigenvalue weighted by Gasteiger charge is -2.07. The van der Waals surface area contributed by atoms with Crippen LogP contribution < -0.4 is 16.6 Å². The molecule has 0 bridgehead atoms. The molecule has 146 valence electrons. The number of nitrogens with one attached hydrogen (secondary N) is 2. The van der Waals surface area contributed by atoms with Crippen molar-refractivity contribution in [2.45, 2.75) is 38.8 Å². The lowest BCUT2D eigenvalue weighted by Crippen LogP contribution is -2.14. The minimum absolute atomic E-state index is 0.161. The smallest absolute Gasteiger partial charge is 0.341 e. The summed E-state index contributed by atoms with van der Waals surface area (Å²) < 4.78 is 5.08. The molecule has 0 aliphatic carbocycles. The number of nitrogens with zero attached hydrogens (tertiary/aromatic N) is 1. The van der Waals surface area contributed by atoms with Crippen LogP contribution in [0.4, 0.5) is 10.8 Å². The van der Waals surface area contributed by atoms with E-state index in [1.165, 1.54) is 29.2 Å². The van der Waals surface area contributed by atoms with E-state index >= 15 is 0 Å². The fourth-order valence-electron chi connectivity index (χ4n) is 2.28. The summed E-state index contributed by atoms with van der Waals surface area (Å²) in [5.74, 6) is 0.139. The maximum atomic E-state index is 12.2. The van der Waals surface area contributed by atoms with Gasteiger partial charge in [0, 0.05) is 23.1 Å². The van der Waals surface area contributed by atoms with Gasteiger partial charge in [-0.25, -0.2) is 9.78 Å². The van der Waals surface area contributed by atoms with Crippen LogP contribution in [0.1, 0.15) is 40.6 Å². The van der Waals surface area contributed by atoms with Gasteiger partial charge in [-0.2, -0.15) is 0 Å². The number of thioether (sulfide) groups is 1. The maximum absolute atomic E-state index is 12.2. The van der Waals surface area contributed by atoms with Crippen molar-refractivity contribution in [2.24, 2.45) is 0 Å². The van der Waals surface area contributed by atoms with Crippen LogP contribution in [0.15, 0.2) is 16.0 Å². The number of carbonyl (C=O) groups is 2. The number of aryl methyl sites for hydroxylation is 1. The second-order valence-corrected chi connectivity index (χ2v) is 7.99. The van der Waals surface area contributed by atoms with Gasteiger partial charge in [0.1, 0.15) is 10.8 Å². The van der Waals surface area contributed by atoms with Gasteiger partial charge >= 0.3 is 5.97 Å². The van der Waals surface area contributed by atoms with Crippen molar-refractivity contribution in [3.63, 3.8) is 0 Å². The number of anilines is 2. The van der Waals surface area contributed by atoms with Gasteiger partial charge in [0.25, 0.3) is 5.56 Å². The highest BCUT2D eigenvalue weighted by atomic mass is 32.2. The van der Waals surface area contributed by atoms with Crippen molar-refractivity contribution in [1.29, 1.82) is 0 Å². The molecule has 4 N–H and O–H groups in total. The van der Waals surface area contributed by atoms with Crippen LogP contribution in [-0.2, 0) is 9.53 Å². The van der Waals surface area contributed by atoms with Crippen molar-refractivity contribution >= 4 is 45.8 Å². The molecule has 2 aromatic rings. The highest BCUT2D eigenvalue weighted by molar-refractivity contribution is 7.99. The Kier molecular flexibility index (Phi) is 7.43. The van der Waals surface area contributed by atoms with Gasteiger partial charge in [0.05, 0.1) is 12.2 Å². The van der Waals surface area contributed by atoms with Gasteiger partial charge in [0.15, 0.2) is 5.16 Å². The van der Waals surface area contributed by atoms with Crippen molar-refractivity contribution in [3.05, 3.63) is 32.4 Å². The Morgan fingerprint density at radius 1 is 1.41 bits per heavy atom. The van der Waals surface area contributed by atoms with E-state index < -0.39 is 5.97 Å². The summed E-state index contributed by atoms with van der Waals surface area (Å²) in [6.07, 6.45) is 0.852. The van der Waals surface area contributed by atoms with E-state index in [0.717, 1.165) is 10.4 Å². The zero-order valence-electron chi connectivity index (χ0n) is 15.4. The average molecular weight is 411 g/mol. The Labute approximate surface area is 164 Å². The summed E-state index contributed by atoms with van der Waals surface area (Å²) in [6.45, 7) is 5.75. The number of H-pyrrole nitrogens is 1. The normalized spacial score (nSPS) is 10.6. The number of nitrogens with two attached hydrogens (primary N) is 1. The van der Waals surface area contributed by atoms with Gasteiger partial charge in [0.2, 0.25) is 5.91 Å².